The third kappa shape index (κ3) is 6.46. The number of thiophene rings is 1. The molecule has 3 heterocycles. The van der Waals surface area contributed by atoms with E-state index in [2.05, 4.69) is 16.5 Å². The summed E-state index contributed by atoms with van der Waals surface area (Å²) in [6.45, 7) is 8.60. The number of sulfone groups is 1. The zero-order chi connectivity index (χ0) is 24.7. The van der Waals surface area contributed by atoms with Crippen molar-refractivity contribution in [2.45, 2.75) is 24.0 Å². The maximum Gasteiger partial charge on any atom is 0.264 e. The largest absolute Gasteiger partial charge is 0.379 e. The van der Waals surface area contributed by atoms with E-state index in [4.69, 9.17) is 4.74 Å². The van der Waals surface area contributed by atoms with Gasteiger partial charge in [0, 0.05) is 32.7 Å². The van der Waals surface area contributed by atoms with E-state index in [1.54, 1.807) is 33.9 Å². The van der Waals surface area contributed by atoms with Crippen LogP contribution in [0.15, 0.2) is 71.9 Å². The van der Waals surface area contributed by atoms with Gasteiger partial charge in [-0.05, 0) is 17.0 Å². The molecule has 3 aromatic rings. The summed E-state index contributed by atoms with van der Waals surface area (Å²) >= 11 is 1.40. The number of benzene rings is 1. The monoisotopic (exact) mass is 514 g/mol. The highest BCUT2D eigenvalue weighted by Crippen LogP contribution is 2.20. The molecular formula is C25H30N4O4S2. The van der Waals surface area contributed by atoms with Gasteiger partial charge in [0.15, 0.2) is 0 Å². The highest BCUT2D eigenvalue weighted by Gasteiger charge is 2.26. The molecule has 0 bridgehead atoms. The molecule has 0 aliphatic carbocycles. The van der Waals surface area contributed by atoms with Gasteiger partial charge in [-0.1, -0.05) is 42.5 Å². The summed E-state index contributed by atoms with van der Waals surface area (Å²) < 4.78 is 33.5. The predicted molar refractivity (Wildman–Crippen MR) is 136 cm³/mol. The van der Waals surface area contributed by atoms with Gasteiger partial charge in [-0.25, -0.2) is 13.4 Å². The number of carbonyl (C=O) groups is 1. The van der Waals surface area contributed by atoms with Crippen LogP contribution in [0.4, 0.5) is 0 Å². The SMILES string of the molecule is C=CCn1c(CN(CCN2CCOCC2)C(=O)c2cccs2)cnc1S(=O)(=O)Cc1ccccc1. The summed E-state index contributed by atoms with van der Waals surface area (Å²) in [6.07, 6.45) is 3.21. The average molecular weight is 515 g/mol. The summed E-state index contributed by atoms with van der Waals surface area (Å²) in [4.78, 5) is 22.3. The molecule has 1 saturated heterocycles. The second kappa shape index (κ2) is 11.8. The highest BCUT2D eigenvalue weighted by atomic mass is 32.2. The van der Waals surface area contributed by atoms with E-state index in [1.807, 2.05) is 35.7 Å². The molecule has 186 valence electrons. The Morgan fingerprint density at radius 2 is 1.94 bits per heavy atom. The lowest BCUT2D eigenvalue weighted by Crippen LogP contribution is -2.43. The summed E-state index contributed by atoms with van der Waals surface area (Å²) in [5.74, 6) is -0.218. The van der Waals surface area contributed by atoms with Gasteiger partial charge in [-0.15, -0.1) is 17.9 Å². The molecule has 2 aromatic heterocycles. The minimum absolute atomic E-state index is 0.00652. The van der Waals surface area contributed by atoms with Gasteiger partial charge in [0.1, 0.15) is 0 Å². The third-order valence-electron chi connectivity index (χ3n) is 5.85. The second-order valence-electron chi connectivity index (χ2n) is 8.33. The Morgan fingerprint density at radius 1 is 1.17 bits per heavy atom. The molecule has 0 radical (unpaired) electrons. The Bertz CT molecular complexity index is 1220. The van der Waals surface area contributed by atoms with Crippen LogP contribution >= 0.6 is 11.3 Å². The molecule has 10 heteroatoms. The van der Waals surface area contributed by atoms with E-state index in [1.165, 1.54) is 11.3 Å². The lowest BCUT2D eigenvalue weighted by Gasteiger charge is -2.30. The standard InChI is InChI=1S/C25H30N4O4S2/c1-2-10-29-22(18-26-25(29)35(31,32)20-21-7-4-3-5-8-21)19-28(24(30)23-9-6-17-34-23)12-11-27-13-15-33-16-14-27/h2-9,17-18H,1,10-16,19-20H2. The molecule has 0 atom stereocenters. The number of amides is 1. The molecular weight excluding hydrogens is 484 g/mol. The minimum atomic E-state index is -3.69. The predicted octanol–water partition coefficient (Wildman–Crippen LogP) is 3.08. The van der Waals surface area contributed by atoms with Crippen molar-refractivity contribution in [1.82, 2.24) is 19.4 Å². The van der Waals surface area contributed by atoms with Crippen LogP contribution in [0.25, 0.3) is 0 Å². The molecule has 35 heavy (non-hydrogen) atoms. The van der Waals surface area contributed by atoms with Gasteiger partial charge in [0.05, 0.1) is 42.3 Å². The normalized spacial score (nSPS) is 14.6. The summed E-state index contributed by atoms with van der Waals surface area (Å²) in [5, 5.41) is 1.87. The summed E-state index contributed by atoms with van der Waals surface area (Å²) in [6, 6.07) is 12.7. The number of ether oxygens (including phenoxy) is 1. The number of nitrogens with zero attached hydrogens (tertiary/aromatic N) is 4. The molecule has 1 aromatic carbocycles. The molecule has 0 unspecified atom stereocenters. The lowest BCUT2D eigenvalue weighted by atomic mass is 10.2. The van der Waals surface area contributed by atoms with E-state index >= 15 is 0 Å². The van der Waals surface area contributed by atoms with Gasteiger partial charge < -0.3 is 14.2 Å². The number of hydrogen-bond donors (Lipinski definition) is 0. The number of imidazole rings is 1. The number of rotatable bonds is 11. The van der Waals surface area contributed by atoms with Crippen LogP contribution in [-0.2, 0) is 33.4 Å². The minimum Gasteiger partial charge on any atom is -0.379 e. The van der Waals surface area contributed by atoms with E-state index in [-0.39, 0.29) is 29.9 Å². The van der Waals surface area contributed by atoms with Crippen LogP contribution in [0, 0.1) is 0 Å². The third-order valence-corrected chi connectivity index (χ3v) is 8.31. The first-order valence-electron chi connectivity index (χ1n) is 11.5. The molecule has 8 nitrogen and oxygen atoms in total. The van der Waals surface area contributed by atoms with Gasteiger partial charge in [0.25, 0.3) is 5.91 Å². The maximum atomic E-state index is 13.3. The first kappa shape index (κ1) is 25.3. The van der Waals surface area contributed by atoms with E-state index in [9.17, 15) is 13.2 Å². The van der Waals surface area contributed by atoms with Gasteiger partial charge in [-0.3, -0.25) is 9.69 Å². The number of hydrogen-bond acceptors (Lipinski definition) is 7. The van der Waals surface area contributed by atoms with Crippen LogP contribution in [0.1, 0.15) is 20.9 Å². The van der Waals surface area contributed by atoms with Crippen molar-refractivity contribution >= 4 is 27.1 Å². The molecule has 0 saturated carbocycles. The maximum absolute atomic E-state index is 13.3. The Hall–Kier alpha value is -2.79. The Labute approximate surface area is 210 Å². The van der Waals surface area contributed by atoms with E-state index in [0.717, 1.165) is 19.6 Å². The molecule has 1 aliphatic rings. The molecule has 1 aliphatic heterocycles. The fourth-order valence-corrected chi connectivity index (χ4v) is 6.23. The molecule has 4 rings (SSSR count). The average Bonchev–Trinajstić information content (AvgIpc) is 3.54. The van der Waals surface area contributed by atoms with Crippen molar-refractivity contribution < 1.29 is 17.9 Å². The van der Waals surface area contributed by atoms with Crippen LogP contribution in [-0.4, -0.2) is 73.1 Å². The van der Waals surface area contributed by atoms with Crippen LogP contribution in [0.5, 0.6) is 0 Å². The molecule has 1 fully saturated rings. The topological polar surface area (TPSA) is 84.7 Å². The quantitative estimate of drug-likeness (QED) is 0.366. The summed E-state index contributed by atoms with van der Waals surface area (Å²) in [5.41, 5.74) is 1.35. The Balaban J connectivity index is 1.58. The molecule has 0 N–H and O–H groups in total. The molecule has 0 spiro atoms. The van der Waals surface area contributed by atoms with E-state index < -0.39 is 9.84 Å². The highest BCUT2D eigenvalue weighted by molar-refractivity contribution is 7.90. The van der Waals surface area contributed by atoms with E-state index in [0.29, 0.717) is 35.9 Å². The second-order valence-corrected chi connectivity index (χ2v) is 11.2. The number of carbonyl (C=O) groups excluding carboxylic acids is 1. The van der Waals surface area contributed by atoms with Crippen LogP contribution < -0.4 is 0 Å². The zero-order valence-corrected chi connectivity index (χ0v) is 21.2. The first-order valence-corrected chi connectivity index (χ1v) is 14.1. The van der Waals surface area contributed by atoms with Crippen molar-refractivity contribution in [3.05, 3.63) is 82.8 Å². The van der Waals surface area contributed by atoms with Crippen molar-refractivity contribution in [3.8, 4) is 0 Å². The van der Waals surface area contributed by atoms with Gasteiger partial charge in [0.2, 0.25) is 15.0 Å². The van der Waals surface area contributed by atoms with Crippen LogP contribution in [0.2, 0.25) is 0 Å². The van der Waals surface area contributed by atoms with Gasteiger partial charge in [-0.2, -0.15) is 0 Å². The zero-order valence-electron chi connectivity index (χ0n) is 19.6. The number of allylic oxidation sites excluding steroid dienone is 1. The number of aromatic nitrogens is 2. The smallest absolute Gasteiger partial charge is 0.264 e. The van der Waals surface area contributed by atoms with Crippen molar-refractivity contribution in [2.24, 2.45) is 0 Å². The van der Waals surface area contributed by atoms with Crippen molar-refractivity contribution in [2.75, 3.05) is 39.4 Å². The first-order chi connectivity index (χ1) is 17.0. The van der Waals surface area contributed by atoms with Gasteiger partial charge >= 0.3 is 0 Å². The fourth-order valence-electron chi connectivity index (χ4n) is 4.04. The Morgan fingerprint density at radius 3 is 2.63 bits per heavy atom. The summed E-state index contributed by atoms with van der Waals surface area (Å²) in [7, 11) is -3.69. The Kier molecular flexibility index (Phi) is 8.50. The fraction of sp³-hybridized carbons (Fsp3) is 0.360. The number of morpholine rings is 1. The molecule has 1 amide bonds. The lowest BCUT2D eigenvalue weighted by molar-refractivity contribution is 0.0319. The van der Waals surface area contributed by atoms with Crippen molar-refractivity contribution in [3.63, 3.8) is 0 Å². The van der Waals surface area contributed by atoms with Crippen LogP contribution in [0.3, 0.4) is 0 Å². The van der Waals surface area contributed by atoms with Crippen molar-refractivity contribution in [1.29, 1.82) is 0 Å².